The monoisotopic (exact) mass is 601 g/mol. The van der Waals surface area contributed by atoms with E-state index in [0.29, 0.717) is 5.56 Å². The summed E-state index contributed by atoms with van der Waals surface area (Å²) >= 11 is 0. The van der Waals surface area contributed by atoms with E-state index >= 15 is 0 Å². The zero-order valence-electron chi connectivity index (χ0n) is 29.0. The van der Waals surface area contributed by atoms with Gasteiger partial charge in [-0.3, -0.25) is 14.6 Å². The molecule has 4 heterocycles. The first-order valence-electron chi connectivity index (χ1n) is 15.0. The first kappa shape index (κ1) is 37.9. The van der Waals surface area contributed by atoms with Gasteiger partial charge >= 0.3 is 0 Å². The minimum atomic E-state index is -0.390. The Balaban J connectivity index is 0.000000295. The summed E-state index contributed by atoms with van der Waals surface area (Å²) < 4.78 is 4.15. The summed E-state index contributed by atoms with van der Waals surface area (Å²) in [6, 6.07) is 17.2. The number of hydrogen-bond acceptors (Lipinski definition) is 3. The molecule has 3 N–H and O–H groups in total. The van der Waals surface area contributed by atoms with E-state index in [4.69, 9.17) is 5.73 Å². The van der Waals surface area contributed by atoms with E-state index < -0.39 is 5.91 Å². The SMILES string of the molecule is CC(C)(C)[n+]1cccc(C(N)=O)c1.CC(C)(C)[n+]1ccccc1.CC(C)(C)c1ccc(=O)[nH]c1.CC(C)(C)c1cccnc1. The third-order valence-electron chi connectivity index (χ3n) is 6.53. The van der Waals surface area contributed by atoms with E-state index in [2.05, 4.69) is 116 Å². The molecule has 44 heavy (non-hydrogen) atoms. The van der Waals surface area contributed by atoms with Crippen LogP contribution in [-0.2, 0) is 21.9 Å². The average Bonchev–Trinajstić information content (AvgIpc) is 2.93. The minimum Gasteiger partial charge on any atom is -0.365 e. The number of nitrogens with one attached hydrogen (secondary N) is 1. The van der Waals surface area contributed by atoms with Gasteiger partial charge in [-0.2, -0.15) is 4.57 Å². The van der Waals surface area contributed by atoms with Gasteiger partial charge in [0.1, 0.15) is 5.56 Å². The lowest BCUT2D eigenvalue weighted by atomic mass is 9.88. The number of pyridine rings is 4. The van der Waals surface area contributed by atoms with Gasteiger partial charge in [0.05, 0.1) is 0 Å². The van der Waals surface area contributed by atoms with Crippen molar-refractivity contribution >= 4 is 5.91 Å². The topological polar surface area (TPSA) is 96.6 Å². The summed E-state index contributed by atoms with van der Waals surface area (Å²) in [6.45, 7) is 25.7. The van der Waals surface area contributed by atoms with Gasteiger partial charge in [-0.05, 0) is 34.1 Å². The molecule has 0 saturated heterocycles. The number of rotatable bonds is 1. The maximum atomic E-state index is 10.9. The highest BCUT2D eigenvalue weighted by Gasteiger charge is 2.22. The van der Waals surface area contributed by atoms with Crippen LogP contribution in [0.2, 0.25) is 0 Å². The minimum absolute atomic E-state index is 0.0224. The van der Waals surface area contributed by atoms with Crippen LogP contribution in [0.4, 0.5) is 0 Å². The maximum Gasteiger partial charge on any atom is 0.254 e. The number of aromatic amines is 1. The number of aromatic nitrogens is 4. The van der Waals surface area contributed by atoms with Crippen LogP contribution >= 0.6 is 0 Å². The quantitative estimate of drug-likeness (QED) is 0.240. The van der Waals surface area contributed by atoms with Gasteiger partial charge in [-0.1, -0.05) is 59.7 Å². The second-order valence-electron chi connectivity index (χ2n) is 14.7. The van der Waals surface area contributed by atoms with Gasteiger partial charge in [-0.25, -0.2) is 4.57 Å². The van der Waals surface area contributed by atoms with E-state index in [9.17, 15) is 9.59 Å². The molecule has 0 aliphatic heterocycles. The molecular weight excluding hydrogens is 546 g/mol. The van der Waals surface area contributed by atoms with Crippen LogP contribution < -0.4 is 20.4 Å². The number of H-pyrrole nitrogens is 1. The van der Waals surface area contributed by atoms with Crippen LogP contribution in [0.15, 0.2) is 103 Å². The van der Waals surface area contributed by atoms with E-state index in [0.717, 1.165) is 5.56 Å². The number of nitrogens with two attached hydrogens (primary N) is 1. The Hall–Kier alpha value is -4.13. The third kappa shape index (κ3) is 14.4. The van der Waals surface area contributed by atoms with E-state index in [1.54, 1.807) is 30.7 Å². The first-order chi connectivity index (χ1) is 20.1. The van der Waals surface area contributed by atoms with E-state index in [-0.39, 0.29) is 27.5 Å². The summed E-state index contributed by atoms with van der Waals surface area (Å²) in [6.07, 6.45) is 13.3. The highest BCUT2D eigenvalue weighted by atomic mass is 16.1. The maximum absolute atomic E-state index is 10.9. The zero-order chi connectivity index (χ0) is 33.8. The molecule has 0 radical (unpaired) electrons. The van der Waals surface area contributed by atoms with Crippen molar-refractivity contribution in [2.75, 3.05) is 0 Å². The Kier molecular flexibility index (Phi) is 13.9. The van der Waals surface area contributed by atoms with Gasteiger partial charge in [0.2, 0.25) is 5.56 Å². The lowest BCUT2D eigenvalue weighted by Gasteiger charge is -2.17. The van der Waals surface area contributed by atoms with Gasteiger partial charge in [0.15, 0.2) is 35.9 Å². The Bertz CT molecular complexity index is 1400. The Morgan fingerprint density at radius 1 is 0.682 bits per heavy atom. The van der Waals surface area contributed by atoms with Crippen LogP contribution in [0, 0.1) is 0 Å². The summed E-state index contributed by atoms with van der Waals surface area (Å²) in [7, 11) is 0. The Morgan fingerprint density at radius 3 is 1.59 bits per heavy atom. The number of carbonyl (C=O) groups excluding carboxylic acids is 1. The van der Waals surface area contributed by atoms with Crippen LogP contribution in [0.5, 0.6) is 0 Å². The predicted molar refractivity (Wildman–Crippen MR) is 180 cm³/mol. The second kappa shape index (κ2) is 16.1. The smallest absolute Gasteiger partial charge is 0.254 e. The zero-order valence-corrected chi connectivity index (χ0v) is 29.0. The Morgan fingerprint density at radius 2 is 1.23 bits per heavy atom. The number of amides is 1. The van der Waals surface area contributed by atoms with Crippen molar-refractivity contribution in [3.8, 4) is 0 Å². The normalized spacial score (nSPS) is 11.5. The molecule has 0 fully saturated rings. The molecule has 0 saturated carbocycles. The van der Waals surface area contributed by atoms with Crippen molar-refractivity contribution in [3.05, 3.63) is 125 Å². The molecule has 0 aliphatic carbocycles. The van der Waals surface area contributed by atoms with Gasteiger partial charge < -0.3 is 10.7 Å². The van der Waals surface area contributed by atoms with Crippen molar-refractivity contribution in [2.45, 2.75) is 105 Å². The molecule has 0 aliphatic rings. The molecule has 0 atom stereocenters. The van der Waals surface area contributed by atoms with Gasteiger partial charge in [0.25, 0.3) is 5.91 Å². The average molecular weight is 602 g/mol. The molecule has 238 valence electrons. The molecule has 0 aromatic carbocycles. The van der Waals surface area contributed by atoms with Gasteiger partial charge in [0, 0.05) is 84.4 Å². The fraction of sp³-hybridized carbons (Fsp3) is 0.432. The standard InChI is InChI=1S/C10H14N2O.C9H13NO.C9H13N.C9H14N/c1-10(2,3)12-6-4-5-8(7-12)9(11)13;1-9(2,3)7-4-5-8(11)10-6-7;1-9(2,3)8-5-4-6-10-7-8;1-9(2,3)10-7-5-4-6-8-10/h4-7H,1-3H3,(H-,11,13);4-6H,1-3H3,(H,10,11);4-7H,1-3H3;4-8H,1-3H3/q;;;+1/p+1. The number of nitrogens with zero attached hydrogens (tertiary/aromatic N) is 3. The fourth-order valence-electron chi connectivity index (χ4n) is 3.57. The molecule has 4 rings (SSSR count). The molecule has 0 bridgehead atoms. The molecule has 7 nitrogen and oxygen atoms in total. The molecule has 0 unspecified atom stereocenters. The lowest BCUT2D eigenvalue weighted by molar-refractivity contribution is -0.754. The number of carbonyl (C=O) groups is 1. The molecule has 1 amide bonds. The highest BCUT2D eigenvalue weighted by Crippen LogP contribution is 2.20. The fourth-order valence-corrected chi connectivity index (χ4v) is 3.57. The van der Waals surface area contributed by atoms with E-state index in [1.807, 2.05) is 53.4 Å². The van der Waals surface area contributed by atoms with Crippen LogP contribution in [0.25, 0.3) is 0 Å². The highest BCUT2D eigenvalue weighted by molar-refractivity contribution is 5.92. The summed E-state index contributed by atoms with van der Waals surface area (Å²) in [5.41, 5.74) is 8.64. The summed E-state index contributed by atoms with van der Waals surface area (Å²) in [5, 5.41) is 0. The van der Waals surface area contributed by atoms with Crippen molar-refractivity contribution in [2.24, 2.45) is 5.73 Å². The lowest BCUT2D eigenvalue weighted by Crippen LogP contribution is -2.50. The number of hydrogen-bond donors (Lipinski definition) is 2. The van der Waals surface area contributed by atoms with Crippen molar-refractivity contribution in [1.82, 2.24) is 9.97 Å². The predicted octanol–water partition coefficient (Wildman–Crippen LogP) is 6.61. The van der Waals surface area contributed by atoms with Gasteiger partial charge in [-0.15, -0.1) is 0 Å². The molecule has 4 aromatic heterocycles. The Labute approximate surface area is 265 Å². The second-order valence-corrected chi connectivity index (χ2v) is 14.7. The van der Waals surface area contributed by atoms with Crippen LogP contribution in [-0.4, -0.2) is 15.9 Å². The van der Waals surface area contributed by atoms with Crippen LogP contribution in [0.1, 0.15) is 105 Å². The van der Waals surface area contributed by atoms with Crippen molar-refractivity contribution < 1.29 is 13.9 Å². The largest absolute Gasteiger partial charge is 0.365 e. The number of primary amides is 1. The van der Waals surface area contributed by atoms with Crippen molar-refractivity contribution in [3.63, 3.8) is 0 Å². The van der Waals surface area contributed by atoms with E-state index in [1.165, 1.54) is 5.56 Å². The molecule has 0 spiro atoms. The summed E-state index contributed by atoms with van der Waals surface area (Å²) in [4.78, 5) is 28.3. The third-order valence-corrected chi connectivity index (χ3v) is 6.53. The van der Waals surface area contributed by atoms with Crippen molar-refractivity contribution in [1.29, 1.82) is 0 Å². The molecule has 7 heteroatoms. The first-order valence-corrected chi connectivity index (χ1v) is 15.0. The van der Waals surface area contributed by atoms with Crippen LogP contribution in [0.3, 0.4) is 0 Å². The molecular formula is C37H55N5O2+2. The summed E-state index contributed by atoms with van der Waals surface area (Å²) in [5.74, 6) is -0.390. The molecule has 4 aromatic rings.